The van der Waals surface area contributed by atoms with Gasteiger partial charge in [0.1, 0.15) is 0 Å². The summed E-state index contributed by atoms with van der Waals surface area (Å²) in [4.78, 5) is 26.6. The molecular formula is C25H30INO5. The summed E-state index contributed by atoms with van der Waals surface area (Å²) in [6.07, 6.45) is 5.39. The maximum Gasteiger partial charge on any atom is 0.233 e. The van der Waals surface area contributed by atoms with Crippen molar-refractivity contribution in [2.75, 3.05) is 20.8 Å². The van der Waals surface area contributed by atoms with Gasteiger partial charge in [-0.25, -0.2) is 0 Å². The van der Waals surface area contributed by atoms with Crippen molar-refractivity contribution in [3.05, 3.63) is 38.0 Å². The number of allylic oxidation sites excluding steroid dienone is 2. The zero-order valence-corrected chi connectivity index (χ0v) is 21.1. The molecule has 0 unspecified atom stereocenters. The number of phenolic OH excluding ortho intramolecular Hbond substituents is 1. The standard InChI is InChI=1S/C25H30INO5/c1-5-15-11-16-22(25(30)27(3)24(16)29)17-12-32-19(21(15)17)7-6-13(2)8-14-9-18(26)23(28)20(10-14)31-4/h8-10,16-17,19,22,28H,5-7,11-12H2,1-4H3/b13-8+/t16-,17+,19-,22-/m1/s1. The Balaban J connectivity index is 1.51. The number of likely N-dealkylation sites (tertiary alicyclic amines) is 1. The summed E-state index contributed by atoms with van der Waals surface area (Å²) in [6.45, 7) is 4.75. The van der Waals surface area contributed by atoms with E-state index in [1.165, 1.54) is 21.6 Å². The van der Waals surface area contributed by atoms with Gasteiger partial charge in [0.05, 0.1) is 35.2 Å². The molecule has 3 aliphatic rings. The van der Waals surface area contributed by atoms with Crippen LogP contribution in [0.1, 0.15) is 45.1 Å². The summed E-state index contributed by atoms with van der Waals surface area (Å²) < 4.78 is 12.2. The Hall–Kier alpha value is -1.87. The third-order valence-electron chi connectivity index (χ3n) is 7.14. The van der Waals surface area contributed by atoms with E-state index in [0.717, 1.165) is 28.4 Å². The lowest BCUT2D eigenvalue weighted by molar-refractivity contribution is -0.138. The molecule has 2 amide bonds. The van der Waals surface area contributed by atoms with Crippen LogP contribution < -0.4 is 4.74 Å². The molecule has 7 heteroatoms. The van der Waals surface area contributed by atoms with E-state index in [4.69, 9.17) is 9.47 Å². The molecule has 1 aromatic rings. The van der Waals surface area contributed by atoms with Crippen LogP contribution in [0.4, 0.5) is 0 Å². The van der Waals surface area contributed by atoms with E-state index in [1.807, 2.05) is 12.1 Å². The maximum atomic E-state index is 12.8. The quantitative estimate of drug-likeness (QED) is 0.319. The first-order chi connectivity index (χ1) is 15.3. The fraction of sp³-hybridized carbons (Fsp3) is 0.520. The number of carbonyl (C=O) groups excluding carboxylic acids is 2. The SMILES string of the molecule is CCC1=C2[C@@H](CC/C(C)=C/c3cc(I)c(O)c(OC)c3)OC[C@@H]2[C@@H]2C(=O)N(C)C(=O)[C@@H]2C1. The molecule has 4 rings (SSSR count). The van der Waals surface area contributed by atoms with Gasteiger partial charge in [-0.3, -0.25) is 14.5 Å². The highest BCUT2D eigenvalue weighted by Crippen LogP contribution is 2.50. The maximum absolute atomic E-state index is 12.8. The van der Waals surface area contributed by atoms with Gasteiger partial charge >= 0.3 is 0 Å². The lowest BCUT2D eigenvalue weighted by Crippen LogP contribution is -2.33. The predicted octanol–water partition coefficient (Wildman–Crippen LogP) is 4.55. The van der Waals surface area contributed by atoms with E-state index in [-0.39, 0.29) is 41.4 Å². The molecule has 2 heterocycles. The molecule has 6 nitrogen and oxygen atoms in total. The Bertz CT molecular complexity index is 1010. The third kappa shape index (κ3) is 3.98. The number of imide groups is 1. The van der Waals surface area contributed by atoms with Gasteiger partial charge in [-0.15, -0.1) is 0 Å². The number of fused-ring (bicyclic) bond motifs is 3. The van der Waals surface area contributed by atoms with Gasteiger partial charge in [0.2, 0.25) is 11.8 Å². The van der Waals surface area contributed by atoms with Crippen molar-refractivity contribution < 1.29 is 24.2 Å². The van der Waals surface area contributed by atoms with Crippen molar-refractivity contribution in [2.24, 2.45) is 17.8 Å². The average Bonchev–Trinajstić information content (AvgIpc) is 3.29. The van der Waals surface area contributed by atoms with E-state index in [1.54, 1.807) is 14.2 Å². The van der Waals surface area contributed by atoms with Crippen LogP contribution in [0.3, 0.4) is 0 Å². The number of benzene rings is 1. The molecule has 2 fully saturated rings. The average molecular weight is 551 g/mol. The highest BCUT2D eigenvalue weighted by molar-refractivity contribution is 14.1. The lowest BCUT2D eigenvalue weighted by Gasteiger charge is -2.31. The zero-order valence-electron chi connectivity index (χ0n) is 19.0. The molecule has 2 saturated heterocycles. The van der Waals surface area contributed by atoms with E-state index >= 15 is 0 Å². The van der Waals surface area contributed by atoms with Crippen LogP contribution in [0.2, 0.25) is 0 Å². The summed E-state index contributed by atoms with van der Waals surface area (Å²) in [7, 11) is 3.16. The van der Waals surface area contributed by atoms with E-state index < -0.39 is 0 Å². The Kier molecular flexibility index (Phi) is 6.68. The zero-order chi connectivity index (χ0) is 23.2. The minimum Gasteiger partial charge on any atom is -0.504 e. The molecule has 32 heavy (non-hydrogen) atoms. The van der Waals surface area contributed by atoms with Gasteiger partial charge in [-0.2, -0.15) is 0 Å². The number of carbonyl (C=O) groups is 2. The molecule has 1 aromatic carbocycles. The molecule has 2 aliphatic heterocycles. The van der Waals surface area contributed by atoms with Crippen molar-refractivity contribution in [1.29, 1.82) is 0 Å². The molecule has 0 bridgehead atoms. The Morgan fingerprint density at radius 3 is 2.75 bits per heavy atom. The van der Waals surface area contributed by atoms with Gasteiger partial charge < -0.3 is 14.6 Å². The molecule has 0 saturated carbocycles. The fourth-order valence-electron chi connectivity index (χ4n) is 5.52. The molecule has 0 aromatic heterocycles. The van der Waals surface area contributed by atoms with Gasteiger partial charge in [-0.1, -0.05) is 24.1 Å². The van der Waals surface area contributed by atoms with Crippen LogP contribution in [-0.2, 0) is 14.3 Å². The molecule has 1 aliphatic carbocycles. The van der Waals surface area contributed by atoms with E-state index in [9.17, 15) is 14.7 Å². The fourth-order valence-corrected chi connectivity index (χ4v) is 6.14. The van der Waals surface area contributed by atoms with Crippen molar-refractivity contribution in [1.82, 2.24) is 4.90 Å². The smallest absolute Gasteiger partial charge is 0.233 e. The minimum absolute atomic E-state index is 0.00236. The highest BCUT2D eigenvalue weighted by atomic mass is 127. The van der Waals surface area contributed by atoms with Crippen LogP contribution in [0, 0.1) is 21.3 Å². The second-order valence-corrected chi connectivity index (χ2v) is 10.2. The number of amides is 2. The monoisotopic (exact) mass is 551 g/mol. The second-order valence-electron chi connectivity index (χ2n) is 9.00. The minimum atomic E-state index is -0.258. The summed E-state index contributed by atoms with van der Waals surface area (Å²) >= 11 is 2.10. The molecule has 0 radical (unpaired) electrons. The Labute approximate surface area is 202 Å². The molecular weight excluding hydrogens is 521 g/mol. The lowest BCUT2D eigenvalue weighted by atomic mass is 9.69. The van der Waals surface area contributed by atoms with Gasteiger partial charge in [0, 0.05) is 13.0 Å². The second kappa shape index (κ2) is 9.17. The molecule has 172 valence electrons. The van der Waals surface area contributed by atoms with Crippen LogP contribution in [0.5, 0.6) is 11.5 Å². The number of rotatable bonds is 6. The number of phenols is 1. The van der Waals surface area contributed by atoms with Crippen LogP contribution >= 0.6 is 22.6 Å². The number of nitrogens with zero attached hydrogens (tertiary/aromatic N) is 1. The normalized spacial score (nSPS) is 27.8. The number of halogens is 1. The summed E-state index contributed by atoms with van der Waals surface area (Å²) in [6, 6.07) is 3.77. The number of hydrogen-bond acceptors (Lipinski definition) is 5. The molecule has 0 spiro atoms. The first kappa shape index (κ1) is 23.3. The van der Waals surface area contributed by atoms with Gasteiger partial charge in [0.25, 0.3) is 0 Å². The summed E-state index contributed by atoms with van der Waals surface area (Å²) in [5, 5.41) is 10.1. The first-order valence-electron chi connectivity index (χ1n) is 11.1. The summed E-state index contributed by atoms with van der Waals surface area (Å²) in [5.41, 5.74) is 4.77. The number of ether oxygens (including phenoxy) is 2. The Morgan fingerprint density at radius 1 is 1.31 bits per heavy atom. The van der Waals surface area contributed by atoms with E-state index in [0.29, 0.717) is 18.8 Å². The van der Waals surface area contributed by atoms with Crippen molar-refractivity contribution in [3.8, 4) is 11.5 Å². The molecule has 4 atom stereocenters. The largest absolute Gasteiger partial charge is 0.504 e. The highest BCUT2D eigenvalue weighted by Gasteiger charge is 2.55. The molecule has 1 N–H and O–H groups in total. The topological polar surface area (TPSA) is 76.1 Å². The number of aromatic hydroxyl groups is 1. The first-order valence-corrected chi connectivity index (χ1v) is 12.2. The predicted molar refractivity (Wildman–Crippen MR) is 130 cm³/mol. The number of methoxy groups -OCH3 is 1. The van der Waals surface area contributed by atoms with Crippen LogP contribution in [0.25, 0.3) is 6.08 Å². The van der Waals surface area contributed by atoms with Crippen molar-refractivity contribution >= 4 is 40.5 Å². The van der Waals surface area contributed by atoms with E-state index in [2.05, 4.69) is 42.5 Å². The van der Waals surface area contributed by atoms with Crippen molar-refractivity contribution in [3.63, 3.8) is 0 Å². The third-order valence-corrected chi connectivity index (χ3v) is 7.96. The summed E-state index contributed by atoms with van der Waals surface area (Å²) in [5.74, 6) is 0.0992. The van der Waals surface area contributed by atoms with Gasteiger partial charge in [0.15, 0.2) is 11.5 Å². The number of hydrogen-bond donors (Lipinski definition) is 1. The van der Waals surface area contributed by atoms with Crippen LogP contribution in [-0.4, -0.2) is 48.7 Å². The van der Waals surface area contributed by atoms with Crippen LogP contribution in [0.15, 0.2) is 28.9 Å². The van der Waals surface area contributed by atoms with Crippen molar-refractivity contribution in [2.45, 2.75) is 45.6 Å². The van der Waals surface area contributed by atoms with Gasteiger partial charge in [-0.05, 0) is 78.5 Å². The Morgan fingerprint density at radius 2 is 2.06 bits per heavy atom.